The van der Waals surface area contributed by atoms with Gasteiger partial charge in [0.25, 0.3) is 6.47 Å². The molecule has 3 aromatic rings. The lowest BCUT2D eigenvalue weighted by atomic mass is 10.1. The number of likely N-dealkylation sites (tertiary alicyclic amines) is 1. The minimum absolute atomic E-state index is 0.250. The van der Waals surface area contributed by atoms with Crippen LogP contribution in [0.5, 0.6) is 6.01 Å². The number of aromatic amines is 1. The molecule has 0 amide bonds. The lowest BCUT2D eigenvalue weighted by molar-refractivity contribution is -0.122. The Balaban J connectivity index is 0.000000858. The van der Waals surface area contributed by atoms with Gasteiger partial charge in [-0.25, -0.2) is 0 Å². The number of aromatic nitrogens is 4. The van der Waals surface area contributed by atoms with Crippen LogP contribution in [-0.2, 0) is 17.8 Å². The lowest BCUT2D eigenvalue weighted by Gasteiger charge is -2.14. The Bertz CT molecular complexity index is 967. The lowest BCUT2D eigenvalue weighted by Crippen LogP contribution is -2.18. The molecular formula is C22H30N6O3. The van der Waals surface area contributed by atoms with Gasteiger partial charge in [0.15, 0.2) is 5.82 Å². The van der Waals surface area contributed by atoms with Crippen molar-refractivity contribution in [2.24, 2.45) is 0 Å². The van der Waals surface area contributed by atoms with E-state index < -0.39 is 0 Å². The Morgan fingerprint density at radius 3 is 2.74 bits per heavy atom. The van der Waals surface area contributed by atoms with Crippen molar-refractivity contribution in [3.05, 3.63) is 41.3 Å². The van der Waals surface area contributed by atoms with Gasteiger partial charge < -0.3 is 20.6 Å². The third-order valence-electron chi connectivity index (χ3n) is 5.20. The minimum Gasteiger partial charge on any atom is -0.483 e. The van der Waals surface area contributed by atoms with Crippen LogP contribution in [0.15, 0.2) is 24.5 Å². The van der Waals surface area contributed by atoms with E-state index in [1.54, 1.807) is 0 Å². The number of ether oxygens (including phenoxy) is 1. The highest BCUT2D eigenvalue weighted by Gasteiger charge is 2.14. The number of nitrogens with two attached hydrogens (primary N) is 1. The number of nitrogens with zero attached hydrogens (tertiary/aromatic N) is 4. The molecule has 9 nitrogen and oxygen atoms in total. The van der Waals surface area contributed by atoms with Crippen LogP contribution in [0.4, 0.5) is 5.82 Å². The fourth-order valence-corrected chi connectivity index (χ4v) is 3.61. The number of H-pyrrole nitrogens is 1. The summed E-state index contributed by atoms with van der Waals surface area (Å²) in [4.78, 5) is 27.5. The summed E-state index contributed by atoms with van der Waals surface area (Å²) in [5.41, 5.74) is 11.0. The number of hydrogen-bond acceptors (Lipinski definition) is 7. The molecule has 0 atom stereocenters. The first kappa shape index (κ1) is 22.5. The molecule has 3 aromatic heterocycles. The smallest absolute Gasteiger partial charge is 0.319 e. The van der Waals surface area contributed by atoms with Crippen LogP contribution in [0.1, 0.15) is 49.4 Å². The number of carbonyl (C=O) groups is 1. The second-order valence-electron chi connectivity index (χ2n) is 7.55. The maximum Gasteiger partial charge on any atom is 0.319 e. The number of nitrogens with one attached hydrogen (secondary N) is 1. The van der Waals surface area contributed by atoms with Crippen molar-refractivity contribution in [1.29, 1.82) is 0 Å². The molecule has 0 spiro atoms. The second-order valence-corrected chi connectivity index (χ2v) is 7.55. The van der Waals surface area contributed by atoms with Crippen molar-refractivity contribution >= 4 is 23.3 Å². The Morgan fingerprint density at radius 2 is 2.06 bits per heavy atom. The topological polar surface area (TPSA) is 130 Å². The van der Waals surface area contributed by atoms with Crippen molar-refractivity contribution in [3.8, 4) is 6.01 Å². The van der Waals surface area contributed by atoms with Gasteiger partial charge in [-0.3, -0.25) is 14.7 Å². The van der Waals surface area contributed by atoms with E-state index in [0.717, 1.165) is 41.7 Å². The van der Waals surface area contributed by atoms with Crippen LogP contribution in [0.2, 0.25) is 0 Å². The molecule has 9 heteroatoms. The predicted molar refractivity (Wildman–Crippen MR) is 119 cm³/mol. The third kappa shape index (κ3) is 6.14. The number of rotatable bonds is 8. The molecule has 31 heavy (non-hydrogen) atoms. The summed E-state index contributed by atoms with van der Waals surface area (Å²) >= 11 is 0. The number of unbranched alkanes of at least 4 members (excludes halogenated alkanes) is 1. The van der Waals surface area contributed by atoms with Crippen molar-refractivity contribution in [3.63, 3.8) is 0 Å². The van der Waals surface area contributed by atoms with Crippen LogP contribution >= 0.6 is 0 Å². The van der Waals surface area contributed by atoms with E-state index in [4.69, 9.17) is 20.4 Å². The Hall–Kier alpha value is -3.20. The first-order valence-electron chi connectivity index (χ1n) is 10.6. The Kier molecular flexibility index (Phi) is 8.17. The number of pyridine rings is 1. The van der Waals surface area contributed by atoms with E-state index in [1.807, 2.05) is 12.4 Å². The van der Waals surface area contributed by atoms with Crippen LogP contribution in [0.25, 0.3) is 11.0 Å². The van der Waals surface area contributed by atoms with Crippen molar-refractivity contribution < 1.29 is 14.6 Å². The summed E-state index contributed by atoms with van der Waals surface area (Å²) in [6.07, 6.45) is 9.26. The highest BCUT2D eigenvalue weighted by atomic mass is 16.5. The van der Waals surface area contributed by atoms with Gasteiger partial charge in [-0.2, -0.15) is 9.97 Å². The summed E-state index contributed by atoms with van der Waals surface area (Å²) in [5.74, 6) is 0.414. The molecule has 4 heterocycles. The van der Waals surface area contributed by atoms with Gasteiger partial charge in [0.2, 0.25) is 0 Å². The molecule has 1 saturated heterocycles. The van der Waals surface area contributed by atoms with Crippen molar-refractivity contribution in [2.75, 3.05) is 25.4 Å². The van der Waals surface area contributed by atoms with E-state index in [9.17, 15) is 0 Å². The molecule has 0 saturated carbocycles. The zero-order valence-corrected chi connectivity index (χ0v) is 17.9. The van der Waals surface area contributed by atoms with E-state index in [0.29, 0.717) is 24.9 Å². The number of hydrogen-bond donors (Lipinski definition) is 3. The molecule has 1 fully saturated rings. The van der Waals surface area contributed by atoms with Gasteiger partial charge in [-0.15, -0.1) is 0 Å². The number of fused-ring (bicyclic) bond motifs is 1. The predicted octanol–water partition coefficient (Wildman–Crippen LogP) is 3.00. The largest absolute Gasteiger partial charge is 0.483 e. The molecule has 4 rings (SSSR count). The normalized spacial score (nSPS) is 13.7. The quantitative estimate of drug-likeness (QED) is 0.370. The van der Waals surface area contributed by atoms with Crippen LogP contribution in [0.3, 0.4) is 0 Å². The van der Waals surface area contributed by atoms with Crippen LogP contribution in [-0.4, -0.2) is 56.1 Å². The van der Waals surface area contributed by atoms with Gasteiger partial charge in [0, 0.05) is 36.6 Å². The van der Waals surface area contributed by atoms with Crippen LogP contribution < -0.4 is 10.5 Å². The van der Waals surface area contributed by atoms with E-state index >= 15 is 0 Å². The molecule has 1 aliphatic heterocycles. The van der Waals surface area contributed by atoms with Gasteiger partial charge in [-0.05, 0) is 44.0 Å². The highest BCUT2D eigenvalue weighted by Crippen LogP contribution is 2.25. The molecule has 166 valence electrons. The van der Waals surface area contributed by atoms with Crippen LogP contribution in [0, 0.1) is 0 Å². The fourth-order valence-electron chi connectivity index (χ4n) is 3.61. The fraction of sp³-hybridized carbons (Fsp3) is 0.455. The monoisotopic (exact) mass is 426 g/mol. The molecular weight excluding hydrogens is 396 g/mol. The maximum atomic E-state index is 8.36. The average Bonchev–Trinajstić information content (AvgIpc) is 3.41. The minimum atomic E-state index is -0.250. The summed E-state index contributed by atoms with van der Waals surface area (Å²) < 4.78 is 5.65. The average molecular weight is 427 g/mol. The third-order valence-corrected chi connectivity index (χ3v) is 5.20. The first-order valence-corrected chi connectivity index (χ1v) is 10.6. The van der Waals surface area contributed by atoms with Crippen molar-refractivity contribution in [1.82, 2.24) is 24.8 Å². The number of anilines is 1. The van der Waals surface area contributed by atoms with Crippen molar-refractivity contribution in [2.45, 2.75) is 45.6 Å². The molecule has 0 aromatic carbocycles. The SMILES string of the molecule is CCCCOc1nc(N)c2[nH]cc(Cc3ccc(CN4CCCC4)cn3)c2n1.O=CO. The van der Waals surface area contributed by atoms with E-state index in [2.05, 4.69) is 43.9 Å². The first-order chi connectivity index (χ1) is 15.1. The molecule has 0 unspecified atom stereocenters. The summed E-state index contributed by atoms with van der Waals surface area (Å²) in [6, 6.07) is 4.62. The number of carboxylic acid groups (broad SMARTS) is 1. The molecule has 0 bridgehead atoms. The summed E-state index contributed by atoms with van der Waals surface area (Å²) in [5, 5.41) is 6.89. The molecule has 0 radical (unpaired) electrons. The van der Waals surface area contributed by atoms with Gasteiger partial charge in [-0.1, -0.05) is 19.4 Å². The number of nitrogen functional groups attached to an aromatic ring is 1. The zero-order valence-electron chi connectivity index (χ0n) is 17.9. The van der Waals surface area contributed by atoms with Gasteiger partial charge >= 0.3 is 6.01 Å². The van der Waals surface area contributed by atoms with Gasteiger partial charge in [0.05, 0.1) is 6.61 Å². The Morgan fingerprint density at radius 1 is 1.29 bits per heavy atom. The standard InChI is InChI=1S/C21H28N6O.CH2O2/c1-2-3-10-28-21-25-18-16(13-24-19(18)20(22)26-21)11-17-7-6-15(12-23-17)14-27-8-4-5-9-27;2-1-3/h6-7,12-13,24H,2-5,8-11,14H2,1H3,(H2,22,25,26);1H,(H,2,3). The zero-order chi connectivity index (χ0) is 22.1. The van der Waals surface area contributed by atoms with Gasteiger partial charge in [0.1, 0.15) is 11.0 Å². The van der Waals surface area contributed by atoms with E-state index in [1.165, 1.54) is 31.5 Å². The molecule has 1 aliphatic rings. The summed E-state index contributed by atoms with van der Waals surface area (Å²) in [6.45, 7) is 5.85. The summed E-state index contributed by atoms with van der Waals surface area (Å²) in [7, 11) is 0. The highest BCUT2D eigenvalue weighted by molar-refractivity contribution is 5.87. The second kappa shape index (κ2) is 11.3. The maximum absolute atomic E-state index is 8.36. The van der Waals surface area contributed by atoms with E-state index in [-0.39, 0.29) is 6.47 Å². The molecule has 4 N–H and O–H groups in total. The molecule has 0 aliphatic carbocycles. The Labute approximate surface area is 181 Å².